The lowest BCUT2D eigenvalue weighted by molar-refractivity contribution is 0.383. The molecule has 1 aromatic heterocycles. The predicted octanol–water partition coefficient (Wildman–Crippen LogP) is 3.07. The molecule has 2 N–H and O–H groups in total. The van der Waals surface area contributed by atoms with Gasteiger partial charge in [0.15, 0.2) is 5.82 Å². The van der Waals surface area contributed by atoms with Crippen LogP contribution in [0.1, 0.15) is 31.5 Å². The zero-order chi connectivity index (χ0) is 12.3. The summed E-state index contributed by atoms with van der Waals surface area (Å²) in [6, 6.07) is 7.75. The molecule has 0 unspecified atom stereocenters. The number of nitrogens with zero attached hydrogens (tertiary/aromatic N) is 2. The lowest BCUT2D eigenvalue weighted by Crippen LogP contribution is -1.91. The number of benzene rings is 1. The summed E-state index contributed by atoms with van der Waals surface area (Å²) in [5.74, 6) is 2.33. The van der Waals surface area contributed by atoms with E-state index in [-0.39, 0.29) is 0 Å². The fraction of sp³-hybridized carbons (Fsp3) is 0.333. The summed E-state index contributed by atoms with van der Waals surface area (Å²) in [7, 11) is 0. The van der Waals surface area contributed by atoms with Gasteiger partial charge in [0.2, 0.25) is 5.89 Å². The smallest absolute Gasteiger partial charge is 0.237 e. The summed E-state index contributed by atoms with van der Waals surface area (Å²) in [5, 5.41) is 3.92. The highest BCUT2D eigenvalue weighted by Crippen LogP contribution is 2.27. The standard InChI is InChI=1S/C12H15N3OS/c1-8(2)12-14-11(16-15-12)7-17-10-6-4-3-5-9(10)13/h3-6,8H,7,13H2,1-2H3. The zero-order valence-corrected chi connectivity index (χ0v) is 10.7. The van der Waals surface area contributed by atoms with Crippen molar-refractivity contribution in [2.45, 2.75) is 30.4 Å². The van der Waals surface area contributed by atoms with E-state index in [2.05, 4.69) is 10.1 Å². The average molecular weight is 249 g/mol. The monoisotopic (exact) mass is 249 g/mol. The Morgan fingerprint density at radius 2 is 2.12 bits per heavy atom. The van der Waals surface area contributed by atoms with E-state index in [1.807, 2.05) is 38.1 Å². The van der Waals surface area contributed by atoms with Crippen molar-refractivity contribution < 1.29 is 4.52 Å². The lowest BCUT2D eigenvalue weighted by Gasteiger charge is -2.01. The molecule has 0 aliphatic rings. The predicted molar refractivity (Wildman–Crippen MR) is 68.8 cm³/mol. The van der Waals surface area contributed by atoms with E-state index in [0.717, 1.165) is 16.4 Å². The summed E-state index contributed by atoms with van der Waals surface area (Å²) in [6.07, 6.45) is 0. The largest absolute Gasteiger partial charge is 0.398 e. The van der Waals surface area contributed by atoms with E-state index >= 15 is 0 Å². The Kier molecular flexibility index (Phi) is 3.68. The Labute approximate surface area is 105 Å². The summed E-state index contributed by atoms with van der Waals surface area (Å²) in [4.78, 5) is 5.35. The van der Waals surface area contributed by atoms with Crippen LogP contribution in [0.3, 0.4) is 0 Å². The molecule has 2 rings (SSSR count). The Morgan fingerprint density at radius 1 is 1.35 bits per heavy atom. The molecule has 0 aliphatic heterocycles. The third-order valence-corrected chi connectivity index (χ3v) is 3.34. The first kappa shape index (κ1) is 12.0. The molecule has 1 heterocycles. The Bertz CT molecular complexity index is 496. The molecule has 0 fully saturated rings. The van der Waals surface area contributed by atoms with Crippen LogP contribution in [0.15, 0.2) is 33.7 Å². The maximum atomic E-state index is 5.85. The molecule has 0 amide bonds. The van der Waals surface area contributed by atoms with Gasteiger partial charge >= 0.3 is 0 Å². The molecule has 0 bridgehead atoms. The minimum Gasteiger partial charge on any atom is -0.398 e. The second-order valence-corrected chi connectivity index (χ2v) is 5.04. The van der Waals surface area contributed by atoms with Crippen LogP contribution in [0.5, 0.6) is 0 Å². The van der Waals surface area contributed by atoms with E-state index in [9.17, 15) is 0 Å². The van der Waals surface area contributed by atoms with E-state index < -0.39 is 0 Å². The minimum atomic E-state index is 0.291. The van der Waals surface area contributed by atoms with Gasteiger partial charge in [0.1, 0.15) is 0 Å². The zero-order valence-electron chi connectivity index (χ0n) is 9.88. The second-order valence-electron chi connectivity index (χ2n) is 4.03. The van der Waals surface area contributed by atoms with E-state index in [4.69, 9.17) is 10.3 Å². The van der Waals surface area contributed by atoms with Gasteiger partial charge in [-0.1, -0.05) is 31.1 Å². The summed E-state index contributed by atoms with van der Waals surface area (Å²) in [6.45, 7) is 4.08. The molecule has 0 saturated carbocycles. The average Bonchev–Trinajstić information content (AvgIpc) is 2.77. The minimum absolute atomic E-state index is 0.291. The van der Waals surface area contributed by atoms with Crippen molar-refractivity contribution in [3.63, 3.8) is 0 Å². The first-order valence-electron chi connectivity index (χ1n) is 5.46. The highest BCUT2D eigenvalue weighted by molar-refractivity contribution is 7.98. The van der Waals surface area contributed by atoms with Crippen LogP contribution in [-0.4, -0.2) is 10.1 Å². The van der Waals surface area contributed by atoms with Crippen LogP contribution in [0.2, 0.25) is 0 Å². The number of anilines is 1. The quantitative estimate of drug-likeness (QED) is 0.666. The maximum absolute atomic E-state index is 5.85. The first-order chi connectivity index (χ1) is 8.16. The van der Waals surface area contributed by atoms with Gasteiger partial charge in [0.05, 0.1) is 5.75 Å². The van der Waals surface area contributed by atoms with Crippen LogP contribution < -0.4 is 5.73 Å². The molecule has 5 heteroatoms. The van der Waals surface area contributed by atoms with Gasteiger partial charge in [-0.25, -0.2) is 0 Å². The van der Waals surface area contributed by atoms with E-state index in [1.54, 1.807) is 11.8 Å². The number of hydrogen-bond donors (Lipinski definition) is 1. The van der Waals surface area contributed by atoms with Crippen molar-refractivity contribution >= 4 is 17.4 Å². The van der Waals surface area contributed by atoms with Crippen LogP contribution in [0.25, 0.3) is 0 Å². The molecule has 0 atom stereocenters. The van der Waals surface area contributed by atoms with Gasteiger partial charge in [-0.15, -0.1) is 11.8 Å². The van der Waals surface area contributed by atoms with E-state index in [0.29, 0.717) is 17.6 Å². The fourth-order valence-corrected chi connectivity index (χ4v) is 2.12. The lowest BCUT2D eigenvalue weighted by atomic mass is 10.2. The van der Waals surface area contributed by atoms with Gasteiger partial charge in [-0.05, 0) is 12.1 Å². The molecule has 2 aromatic rings. The van der Waals surface area contributed by atoms with Crippen molar-refractivity contribution in [2.24, 2.45) is 0 Å². The van der Waals surface area contributed by atoms with Crippen molar-refractivity contribution in [1.82, 2.24) is 10.1 Å². The van der Waals surface area contributed by atoms with Crippen LogP contribution >= 0.6 is 11.8 Å². The number of rotatable bonds is 4. The van der Waals surface area contributed by atoms with Crippen LogP contribution in [0, 0.1) is 0 Å². The normalized spacial score (nSPS) is 11.0. The Morgan fingerprint density at radius 3 is 2.76 bits per heavy atom. The number of thioether (sulfide) groups is 1. The van der Waals surface area contributed by atoms with Gasteiger partial charge < -0.3 is 10.3 Å². The number of hydrogen-bond acceptors (Lipinski definition) is 5. The van der Waals surface area contributed by atoms with Gasteiger partial charge in [-0.3, -0.25) is 0 Å². The molecular weight excluding hydrogens is 234 g/mol. The van der Waals surface area contributed by atoms with Crippen molar-refractivity contribution in [2.75, 3.05) is 5.73 Å². The number of nitrogens with two attached hydrogens (primary N) is 1. The molecule has 0 spiro atoms. The Balaban J connectivity index is 2.00. The molecule has 4 nitrogen and oxygen atoms in total. The van der Waals surface area contributed by atoms with Crippen molar-refractivity contribution in [3.8, 4) is 0 Å². The fourth-order valence-electron chi connectivity index (χ4n) is 1.31. The number of para-hydroxylation sites is 1. The molecule has 0 aliphatic carbocycles. The summed E-state index contributed by atoms with van der Waals surface area (Å²) in [5.41, 5.74) is 6.63. The molecule has 0 saturated heterocycles. The Hall–Kier alpha value is -1.49. The molecular formula is C12H15N3OS. The molecule has 90 valence electrons. The number of aromatic nitrogens is 2. The maximum Gasteiger partial charge on any atom is 0.237 e. The third kappa shape index (κ3) is 3.00. The highest BCUT2D eigenvalue weighted by Gasteiger charge is 2.10. The topological polar surface area (TPSA) is 64.9 Å². The van der Waals surface area contributed by atoms with Gasteiger partial charge in [0.25, 0.3) is 0 Å². The molecule has 0 radical (unpaired) electrons. The second kappa shape index (κ2) is 5.23. The number of nitrogen functional groups attached to an aromatic ring is 1. The van der Waals surface area contributed by atoms with Crippen LogP contribution in [0.4, 0.5) is 5.69 Å². The van der Waals surface area contributed by atoms with Gasteiger partial charge in [-0.2, -0.15) is 4.98 Å². The van der Waals surface area contributed by atoms with E-state index in [1.165, 1.54) is 0 Å². The summed E-state index contributed by atoms with van der Waals surface area (Å²) < 4.78 is 5.16. The van der Waals surface area contributed by atoms with Crippen molar-refractivity contribution in [3.05, 3.63) is 36.0 Å². The van der Waals surface area contributed by atoms with Gasteiger partial charge in [0, 0.05) is 16.5 Å². The molecule has 1 aromatic carbocycles. The van der Waals surface area contributed by atoms with Crippen LogP contribution in [-0.2, 0) is 5.75 Å². The first-order valence-corrected chi connectivity index (χ1v) is 6.45. The third-order valence-electron chi connectivity index (χ3n) is 2.27. The molecule has 17 heavy (non-hydrogen) atoms. The highest BCUT2D eigenvalue weighted by atomic mass is 32.2. The SMILES string of the molecule is CC(C)c1noc(CSc2ccccc2N)n1. The summed E-state index contributed by atoms with van der Waals surface area (Å²) >= 11 is 1.60. The van der Waals surface area contributed by atoms with Crippen molar-refractivity contribution in [1.29, 1.82) is 0 Å².